The van der Waals surface area contributed by atoms with Crippen LogP contribution in [0.4, 0.5) is 17.2 Å². The van der Waals surface area contributed by atoms with Crippen LogP contribution in [-0.4, -0.2) is 12.1 Å². The van der Waals surface area contributed by atoms with Crippen LogP contribution < -0.4 is 15.8 Å². The van der Waals surface area contributed by atoms with Gasteiger partial charge in [-0.3, -0.25) is 0 Å². The van der Waals surface area contributed by atoms with Gasteiger partial charge in [-0.2, -0.15) is 4.98 Å². The molecule has 0 fully saturated rings. The molecule has 19 heavy (non-hydrogen) atoms. The number of hydrogen-bond acceptors (Lipinski definition) is 4. The van der Waals surface area contributed by atoms with E-state index in [1.807, 2.05) is 12.1 Å². The Hall–Kier alpha value is -2.23. The summed E-state index contributed by atoms with van der Waals surface area (Å²) in [6, 6.07) is 11.7. The van der Waals surface area contributed by atoms with Crippen molar-refractivity contribution in [3.05, 3.63) is 42.0 Å². The fourth-order valence-electron chi connectivity index (χ4n) is 1.78. The number of hydrogen-bond donors (Lipinski definition) is 2. The van der Waals surface area contributed by atoms with E-state index in [-0.39, 0.29) is 0 Å². The lowest BCUT2D eigenvalue weighted by molar-refractivity contribution is 0.398. The molecule has 100 valence electrons. The summed E-state index contributed by atoms with van der Waals surface area (Å²) >= 11 is 0. The first kappa shape index (κ1) is 13.2. The largest absolute Gasteiger partial charge is 0.481 e. The highest BCUT2D eigenvalue weighted by molar-refractivity contribution is 5.69. The lowest BCUT2D eigenvalue weighted by Crippen LogP contribution is -2.01. The van der Waals surface area contributed by atoms with Crippen LogP contribution in [0.1, 0.15) is 25.3 Å². The molecule has 1 heterocycles. The highest BCUT2D eigenvalue weighted by atomic mass is 16.5. The minimum atomic E-state index is 0.484. The van der Waals surface area contributed by atoms with Crippen LogP contribution in [0, 0.1) is 0 Å². The predicted molar refractivity (Wildman–Crippen MR) is 79.0 cm³/mol. The molecule has 3 N–H and O–H groups in total. The summed E-state index contributed by atoms with van der Waals surface area (Å²) < 4.78 is 5.10. The van der Waals surface area contributed by atoms with Gasteiger partial charge in [0.15, 0.2) is 5.82 Å². The SMILES string of the molecule is COc1ccc(N)c(Nc2cccc(C(C)C)c2)n1. The van der Waals surface area contributed by atoms with Gasteiger partial charge in [0.05, 0.1) is 12.8 Å². The van der Waals surface area contributed by atoms with Crippen molar-refractivity contribution < 1.29 is 4.74 Å². The number of rotatable bonds is 4. The molecule has 2 aromatic rings. The Morgan fingerprint density at radius 1 is 1.21 bits per heavy atom. The van der Waals surface area contributed by atoms with Crippen LogP contribution in [0.3, 0.4) is 0 Å². The summed E-state index contributed by atoms with van der Waals surface area (Å²) in [5.74, 6) is 1.63. The normalized spacial score (nSPS) is 10.5. The van der Waals surface area contributed by atoms with Gasteiger partial charge in [-0.05, 0) is 29.7 Å². The molecular weight excluding hydrogens is 238 g/mol. The van der Waals surface area contributed by atoms with Crippen molar-refractivity contribution in [2.45, 2.75) is 19.8 Å². The zero-order valence-electron chi connectivity index (χ0n) is 11.5. The molecule has 0 atom stereocenters. The van der Waals surface area contributed by atoms with E-state index in [4.69, 9.17) is 10.5 Å². The van der Waals surface area contributed by atoms with Crippen molar-refractivity contribution in [3.8, 4) is 5.88 Å². The van der Waals surface area contributed by atoms with E-state index < -0.39 is 0 Å². The zero-order chi connectivity index (χ0) is 13.8. The maximum Gasteiger partial charge on any atom is 0.215 e. The molecule has 1 aromatic heterocycles. The number of anilines is 3. The maximum absolute atomic E-state index is 5.91. The standard InChI is InChI=1S/C15H19N3O/c1-10(2)11-5-4-6-12(9-11)17-15-13(16)7-8-14(18-15)19-3/h4-10H,16H2,1-3H3,(H,17,18). The van der Waals surface area contributed by atoms with Gasteiger partial charge < -0.3 is 15.8 Å². The topological polar surface area (TPSA) is 60.2 Å². The second kappa shape index (κ2) is 5.61. The molecule has 1 aromatic carbocycles. The van der Waals surface area contributed by atoms with E-state index in [0.29, 0.717) is 23.3 Å². The van der Waals surface area contributed by atoms with E-state index in [2.05, 4.69) is 36.3 Å². The quantitative estimate of drug-likeness (QED) is 0.879. The van der Waals surface area contributed by atoms with E-state index >= 15 is 0 Å². The summed E-state index contributed by atoms with van der Waals surface area (Å²) in [6.45, 7) is 4.33. The first-order chi connectivity index (χ1) is 9.10. The molecule has 2 rings (SSSR count). The molecule has 0 aliphatic carbocycles. The molecule has 4 heteroatoms. The number of aromatic nitrogens is 1. The fraction of sp³-hybridized carbons (Fsp3) is 0.267. The molecule has 0 bridgehead atoms. The van der Waals surface area contributed by atoms with Gasteiger partial charge >= 0.3 is 0 Å². The number of methoxy groups -OCH3 is 1. The van der Waals surface area contributed by atoms with Gasteiger partial charge in [0.1, 0.15) is 0 Å². The van der Waals surface area contributed by atoms with Crippen LogP contribution in [-0.2, 0) is 0 Å². The number of ether oxygens (including phenoxy) is 1. The van der Waals surface area contributed by atoms with Crippen molar-refractivity contribution >= 4 is 17.2 Å². The Balaban J connectivity index is 2.28. The van der Waals surface area contributed by atoms with Gasteiger partial charge in [-0.25, -0.2) is 0 Å². The number of pyridine rings is 1. The molecule has 0 unspecified atom stereocenters. The lowest BCUT2D eigenvalue weighted by Gasteiger charge is -2.12. The summed E-state index contributed by atoms with van der Waals surface area (Å²) in [6.07, 6.45) is 0. The average Bonchev–Trinajstić information content (AvgIpc) is 2.41. The second-order valence-electron chi connectivity index (χ2n) is 4.70. The van der Waals surface area contributed by atoms with Crippen LogP contribution in [0.5, 0.6) is 5.88 Å². The Morgan fingerprint density at radius 2 is 2.00 bits per heavy atom. The van der Waals surface area contributed by atoms with Crippen LogP contribution in [0.25, 0.3) is 0 Å². The van der Waals surface area contributed by atoms with Gasteiger partial charge in [-0.1, -0.05) is 26.0 Å². The first-order valence-electron chi connectivity index (χ1n) is 6.27. The highest BCUT2D eigenvalue weighted by Gasteiger charge is 2.05. The molecule has 0 spiro atoms. The maximum atomic E-state index is 5.91. The van der Waals surface area contributed by atoms with Crippen LogP contribution >= 0.6 is 0 Å². The van der Waals surface area contributed by atoms with Crippen molar-refractivity contribution in [2.75, 3.05) is 18.2 Å². The van der Waals surface area contributed by atoms with Gasteiger partial charge in [0.2, 0.25) is 5.88 Å². The number of nitrogens with zero attached hydrogens (tertiary/aromatic N) is 1. The molecule has 0 aliphatic rings. The van der Waals surface area contributed by atoms with Gasteiger partial charge in [0, 0.05) is 11.8 Å². The minimum absolute atomic E-state index is 0.484. The van der Waals surface area contributed by atoms with Gasteiger partial charge in [0.25, 0.3) is 0 Å². The fourth-order valence-corrected chi connectivity index (χ4v) is 1.78. The number of nitrogens with two attached hydrogens (primary N) is 1. The molecule has 0 saturated heterocycles. The highest BCUT2D eigenvalue weighted by Crippen LogP contribution is 2.25. The summed E-state index contributed by atoms with van der Waals surface area (Å²) in [7, 11) is 1.59. The second-order valence-corrected chi connectivity index (χ2v) is 4.70. The third kappa shape index (κ3) is 3.16. The molecule has 0 amide bonds. The molecule has 0 saturated carbocycles. The third-order valence-corrected chi connectivity index (χ3v) is 2.93. The average molecular weight is 257 g/mol. The van der Waals surface area contributed by atoms with E-state index in [9.17, 15) is 0 Å². The van der Waals surface area contributed by atoms with Crippen LogP contribution in [0.2, 0.25) is 0 Å². The summed E-state index contributed by atoms with van der Waals surface area (Å²) in [5, 5.41) is 3.23. The number of nitrogen functional groups attached to an aromatic ring is 1. The Kier molecular flexibility index (Phi) is 3.90. The molecular formula is C15H19N3O. The van der Waals surface area contributed by atoms with E-state index in [1.54, 1.807) is 19.2 Å². The molecule has 0 aliphatic heterocycles. The molecule has 0 radical (unpaired) electrons. The molecule has 4 nitrogen and oxygen atoms in total. The van der Waals surface area contributed by atoms with Crippen molar-refractivity contribution in [2.24, 2.45) is 0 Å². The van der Waals surface area contributed by atoms with Crippen molar-refractivity contribution in [1.82, 2.24) is 4.98 Å². The Morgan fingerprint density at radius 3 is 2.68 bits per heavy atom. The zero-order valence-corrected chi connectivity index (χ0v) is 11.5. The van der Waals surface area contributed by atoms with Crippen molar-refractivity contribution in [3.63, 3.8) is 0 Å². The van der Waals surface area contributed by atoms with E-state index in [1.165, 1.54) is 5.56 Å². The monoisotopic (exact) mass is 257 g/mol. The summed E-state index contributed by atoms with van der Waals surface area (Å²) in [4.78, 5) is 4.30. The Bertz CT molecular complexity index is 567. The van der Waals surface area contributed by atoms with Crippen LogP contribution in [0.15, 0.2) is 36.4 Å². The smallest absolute Gasteiger partial charge is 0.215 e. The van der Waals surface area contributed by atoms with Gasteiger partial charge in [-0.15, -0.1) is 0 Å². The number of benzene rings is 1. The number of nitrogens with one attached hydrogen (secondary N) is 1. The minimum Gasteiger partial charge on any atom is -0.481 e. The third-order valence-electron chi connectivity index (χ3n) is 2.93. The first-order valence-corrected chi connectivity index (χ1v) is 6.27. The van der Waals surface area contributed by atoms with Crippen molar-refractivity contribution in [1.29, 1.82) is 0 Å². The predicted octanol–water partition coefficient (Wildman–Crippen LogP) is 3.54. The Labute approximate surface area is 113 Å². The lowest BCUT2D eigenvalue weighted by atomic mass is 10.0. The van der Waals surface area contributed by atoms with E-state index in [0.717, 1.165) is 5.69 Å². The summed E-state index contributed by atoms with van der Waals surface area (Å²) in [5.41, 5.74) is 8.74.